The van der Waals surface area contributed by atoms with Gasteiger partial charge >= 0.3 is 6.03 Å². The van der Waals surface area contributed by atoms with Gasteiger partial charge in [-0.05, 0) is 30.7 Å². The Hall–Kier alpha value is -3.41. The number of amides is 3. The summed E-state index contributed by atoms with van der Waals surface area (Å²) in [6.45, 7) is 2.51. The molecule has 1 atom stereocenters. The van der Waals surface area contributed by atoms with E-state index < -0.39 is 5.54 Å². The fourth-order valence-electron chi connectivity index (χ4n) is 4.21. The zero-order valence-corrected chi connectivity index (χ0v) is 15.4. The lowest BCUT2D eigenvalue weighted by Crippen LogP contribution is -2.47. The van der Waals surface area contributed by atoms with Gasteiger partial charge in [0.05, 0.1) is 18.7 Å². The van der Waals surface area contributed by atoms with Crippen LogP contribution in [0, 0.1) is 6.92 Å². The number of nitrogens with zero attached hydrogens (tertiary/aromatic N) is 2. The number of ether oxygens (including phenoxy) is 1. The van der Waals surface area contributed by atoms with Crippen molar-refractivity contribution in [2.45, 2.75) is 25.4 Å². The molecule has 6 heteroatoms. The van der Waals surface area contributed by atoms with Crippen molar-refractivity contribution in [2.75, 3.05) is 6.61 Å². The number of hydrogen-bond donors (Lipinski definition) is 1. The normalized spacial score (nSPS) is 21.0. The topological polar surface area (TPSA) is 71.5 Å². The Labute approximate surface area is 162 Å². The molecular weight excluding hydrogens is 354 g/mol. The molecule has 140 valence electrons. The molecule has 2 aliphatic rings. The average molecular weight is 373 g/mol. The standard InChI is InChI=1S/C22H19N3O3/c1-14-12-15(16-6-2-4-8-18(16)23-14)13-25-20(26)22(24-21(25)27)10-11-28-19-9-5-3-7-17(19)22/h2-9,12H,10-11,13H2,1H3,(H,24,27). The zero-order valence-electron chi connectivity index (χ0n) is 15.4. The van der Waals surface area contributed by atoms with Gasteiger partial charge in [-0.1, -0.05) is 36.4 Å². The van der Waals surface area contributed by atoms with Crippen LogP contribution in [0.3, 0.4) is 0 Å². The van der Waals surface area contributed by atoms with Gasteiger partial charge in [-0.25, -0.2) is 4.79 Å². The molecule has 0 saturated carbocycles. The molecule has 6 nitrogen and oxygen atoms in total. The van der Waals surface area contributed by atoms with E-state index in [1.165, 1.54) is 4.90 Å². The molecule has 2 aliphatic heterocycles. The molecule has 0 bridgehead atoms. The molecule has 3 amide bonds. The van der Waals surface area contributed by atoms with E-state index in [1.54, 1.807) is 0 Å². The summed E-state index contributed by atoms with van der Waals surface area (Å²) < 4.78 is 5.69. The Kier molecular flexibility index (Phi) is 3.62. The van der Waals surface area contributed by atoms with Gasteiger partial charge in [0.25, 0.3) is 5.91 Å². The Morgan fingerprint density at radius 2 is 1.93 bits per heavy atom. The highest BCUT2D eigenvalue weighted by Gasteiger charge is 2.54. The summed E-state index contributed by atoms with van der Waals surface area (Å²) in [6, 6.07) is 16.7. The maximum atomic E-state index is 13.5. The zero-order chi connectivity index (χ0) is 19.3. The van der Waals surface area contributed by atoms with Crippen molar-refractivity contribution in [3.05, 3.63) is 71.4 Å². The number of aryl methyl sites for hydroxylation is 1. The predicted octanol–water partition coefficient (Wildman–Crippen LogP) is 3.27. The summed E-state index contributed by atoms with van der Waals surface area (Å²) in [5.41, 5.74) is 2.29. The SMILES string of the molecule is Cc1cc(CN2C(=O)NC3(CCOc4ccccc43)C2=O)c2ccccc2n1. The molecule has 1 saturated heterocycles. The number of urea groups is 1. The van der Waals surface area contributed by atoms with Gasteiger partial charge in [0.15, 0.2) is 5.54 Å². The Morgan fingerprint density at radius 3 is 2.82 bits per heavy atom. The van der Waals surface area contributed by atoms with Crippen LogP contribution in [0.5, 0.6) is 5.75 Å². The van der Waals surface area contributed by atoms with E-state index in [2.05, 4.69) is 10.3 Å². The minimum absolute atomic E-state index is 0.208. The molecule has 1 N–H and O–H groups in total. The molecule has 3 aromatic rings. The number of para-hydroxylation sites is 2. The fourth-order valence-corrected chi connectivity index (χ4v) is 4.21. The maximum Gasteiger partial charge on any atom is 0.325 e. The number of fused-ring (bicyclic) bond motifs is 3. The van der Waals surface area contributed by atoms with Gasteiger partial charge in [-0.15, -0.1) is 0 Å². The largest absolute Gasteiger partial charge is 0.493 e. The molecule has 28 heavy (non-hydrogen) atoms. The van der Waals surface area contributed by atoms with E-state index in [-0.39, 0.29) is 18.5 Å². The Balaban J connectivity index is 1.56. The van der Waals surface area contributed by atoms with Gasteiger partial charge in [0.2, 0.25) is 0 Å². The third-order valence-corrected chi connectivity index (χ3v) is 5.52. The molecule has 3 heterocycles. The van der Waals surface area contributed by atoms with E-state index in [0.717, 1.165) is 27.7 Å². The summed E-state index contributed by atoms with van der Waals surface area (Å²) >= 11 is 0. The number of aromatic nitrogens is 1. The second-order valence-corrected chi connectivity index (χ2v) is 7.26. The van der Waals surface area contributed by atoms with E-state index in [4.69, 9.17) is 4.74 Å². The molecule has 1 fully saturated rings. The minimum Gasteiger partial charge on any atom is -0.493 e. The summed E-state index contributed by atoms with van der Waals surface area (Å²) in [6.07, 6.45) is 0.418. The number of rotatable bonds is 2. The second kappa shape index (κ2) is 6.05. The average Bonchev–Trinajstić information content (AvgIpc) is 2.93. The highest BCUT2D eigenvalue weighted by Crippen LogP contribution is 2.41. The quantitative estimate of drug-likeness (QED) is 0.700. The Morgan fingerprint density at radius 1 is 1.14 bits per heavy atom. The van der Waals surface area contributed by atoms with Gasteiger partial charge in [0.1, 0.15) is 5.75 Å². The van der Waals surface area contributed by atoms with Crippen LogP contribution in [-0.2, 0) is 16.9 Å². The van der Waals surface area contributed by atoms with Crippen LogP contribution in [0.2, 0.25) is 0 Å². The number of benzene rings is 2. The van der Waals surface area contributed by atoms with E-state index in [1.807, 2.05) is 61.5 Å². The number of carbonyl (C=O) groups excluding carboxylic acids is 2. The summed E-state index contributed by atoms with van der Waals surface area (Å²) in [4.78, 5) is 32.1. The third-order valence-electron chi connectivity index (χ3n) is 5.52. The molecule has 2 aromatic carbocycles. The highest BCUT2D eigenvalue weighted by molar-refractivity contribution is 6.08. The van der Waals surface area contributed by atoms with Crippen molar-refractivity contribution in [2.24, 2.45) is 0 Å². The Bertz CT molecular complexity index is 1130. The maximum absolute atomic E-state index is 13.5. The van der Waals surface area contributed by atoms with Crippen LogP contribution < -0.4 is 10.1 Å². The number of carbonyl (C=O) groups is 2. The number of imide groups is 1. The smallest absolute Gasteiger partial charge is 0.325 e. The summed E-state index contributed by atoms with van der Waals surface area (Å²) in [5, 5.41) is 3.90. The first-order chi connectivity index (χ1) is 13.6. The van der Waals surface area contributed by atoms with Crippen LogP contribution in [0.1, 0.15) is 23.2 Å². The molecular formula is C22H19N3O3. The summed E-state index contributed by atoms with van der Waals surface area (Å²) in [7, 11) is 0. The second-order valence-electron chi connectivity index (χ2n) is 7.26. The summed E-state index contributed by atoms with van der Waals surface area (Å²) in [5.74, 6) is 0.418. The van der Waals surface area contributed by atoms with Crippen molar-refractivity contribution >= 4 is 22.8 Å². The molecule has 0 radical (unpaired) electrons. The van der Waals surface area contributed by atoms with Crippen molar-refractivity contribution in [3.63, 3.8) is 0 Å². The number of pyridine rings is 1. The van der Waals surface area contributed by atoms with Crippen LogP contribution in [0.15, 0.2) is 54.6 Å². The van der Waals surface area contributed by atoms with E-state index >= 15 is 0 Å². The third kappa shape index (κ3) is 2.37. The number of hydrogen-bond acceptors (Lipinski definition) is 4. The van der Waals surface area contributed by atoms with Crippen LogP contribution in [-0.4, -0.2) is 28.4 Å². The number of nitrogens with one attached hydrogen (secondary N) is 1. The van der Waals surface area contributed by atoms with Gasteiger partial charge < -0.3 is 10.1 Å². The first-order valence-corrected chi connectivity index (χ1v) is 9.30. The fraction of sp³-hybridized carbons (Fsp3) is 0.227. The monoisotopic (exact) mass is 373 g/mol. The van der Waals surface area contributed by atoms with Crippen molar-refractivity contribution < 1.29 is 14.3 Å². The highest BCUT2D eigenvalue weighted by atomic mass is 16.5. The van der Waals surface area contributed by atoms with Crippen LogP contribution in [0.25, 0.3) is 10.9 Å². The first-order valence-electron chi connectivity index (χ1n) is 9.30. The first kappa shape index (κ1) is 16.7. The van der Waals surface area contributed by atoms with Gasteiger partial charge in [-0.3, -0.25) is 14.7 Å². The van der Waals surface area contributed by atoms with E-state index in [9.17, 15) is 9.59 Å². The minimum atomic E-state index is -1.05. The van der Waals surface area contributed by atoms with Crippen LogP contribution in [0.4, 0.5) is 4.79 Å². The van der Waals surface area contributed by atoms with Crippen molar-refractivity contribution in [1.82, 2.24) is 15.2 Å². The van der Waals surface area contributed by atoms with E-state index in [0.29, 0.717) is 18.8 Å². The lowest BCUT2D eigenvalue weighted by molar-refractivity contribution is -0.133. The van der Waals surface area contributed by atoms with Gasteiger partial charge in [-0.2, -0.15) is 0 Å². The molecule has 5 rings (SSSR count). The molecule has 1 unspecified atom stereocenters. The molecule has 1 aromatic heterocycles. The van der Waals surface area contributed by atoms with Gasteiger partial charge in [0, 0.05) is 23.1 Å². The van der Waals surface area contributed by atoms with Crippen LogP contribution >= 0.6 is 0 Å². The predicted molar refractivity (Wildman–Crippen MR) is 104 cm³/mol. The molecule has 0 aliphatic carbocycles. The lowest BCUT2D eigenvalue weighted by Gasteiger charge is -2.33. The van der Waals surface area contributed by atoms with Crippen molar-refractivity contribution in [1.29, 1.82) is 0 Å². The molecule has 1 spiro atoms. The van der Waals surface area contributed by atoms with Crippen molar-refractivity contribution in [3.8, 4) is 5.75 Å². The lowest BCUT2D eigenvalue weighted by atomic mass is 9.84.